The first-order valence-electron chi connectivity index (χ1n) is 14.1. The molecule has 0 bridgehead atoms. The summed E-state index contributed by atoms with van der Waals surface area (Å²) in [5.74, 6) is -0.571. The topological polar surface area (TPSA) is 177 Å². The molecular formula is C30H39ClFN9O. The summed E-state index contributed by atoms with van der Waals surface area (Å²) in [6.45, 7) is 3.81. The van der Waals surface area contributed by atoms with Crippen molar-refractivity contribution in [1.29, 1.82) is 5.41 Å². The Hall–Kier alpha value is -3.77. The maximum absolute atomic E-state index is 15.1. The summed E-state index contributed by atoms with van der Waals surface area (Å²) >= 11 is 6.24. The molecule has 0 unspecified atom stereocenters. The molecule has 2 aromatic carbocycles. The lowest BCUT2D eigenvalue weighted by Gasteiger charge is -2.19. The summed E-state index contributed by atoms with van der Waals surface area (Å²) in [5.41, 5.74) is 20.4. The van der Waals surface area contributed by atoms with Crippen LogP contribution in [0.5, 0.6) is 0 Å². The zero-order chi connectivity index (χ0) is 30.2. The van der Waals surface area contributed by atoms with Crippen LogP contribution in [0.15, 0.2) is 53.5 Å². The SMILES string of the molecule is C[C@H](N)CCCc1cc(Cl)c(F)c(-c2cc3cn(-c4ccc([C@@H](CCN)NCCCNC(=N)N)cc4)c(=O)nc3[nH]2)c1. The van der Waals surface area contributed by atoms with E-state index in [-0.39, 0.29) is 23.1 Å². The molecule has 2 aromatic heterocycles. The first kappa shape index (κ1) is 31.2. The number of guanidine groups is 1. The molecule has 42 heavy (non-hydrogen) atoms. The first-order chi connectivity index (χ1) is 20.2. The molecule has 2 atom stereocenters. The van der Waals surface area contributed by atoms with Crippen molar-refractivity contribution in [2.75, 3.05) is 19.6 Å². The van der Waals surface area contributed by atoms with Gasteiger partial charge in [0.25, 0.3) is 0 Å². The number of aryl methyl sites for hydroxylation is 1. The third-order valence-corrected chi connectivity index (χ3v) is 7.37. The van der Waals surface area contributed by atoms with E-state index in [4.69, 9.17) is 34.2 Å². The minimum Gasteiger partial charge on any atom is -0.370 e. The van der Waals surface area contributed by atoms with Crippen molar-refractivity contribution in [3.63, 3.8) is 0 Å². The van der Waals surface area contributed by atoms with Crippen LogP contribution >= 0.6 is 11.6 Å². The van der Waals surface area contributed by atoms with Crippen LogP contribution in [0, 0.1) is 11.2 Å². The number of aromatic nitrogens is 3. The number of halogens is 2. The highest BCUT2D eigenvalue weighted by molar-refractivity contribution is 6.31. The fraction of sp³-hybridized carbons (Fsp3) is 0.367. The second kappa shape index (κ2) is 14.4. The van der Waals surface area contributed by atoms with Crippen LogP contribution in [0.4, 0.5) is 4.39 Å². The number of benzene rings is 2. The van der Waals surface area contributed by atoms with Crippen LogP contribution in [-0.2, 0) is 6.42 Å². The Morgan fingerprint density at radius 2 is 1.93 bits per heavy atom. The second-order valence-corrected chi connectivity index (χ2v) is 11.0. The highest BCUT2D eigenvalue weighted by Crippen LogP contribution is 2.31. The monoisotopic (exact) mass is 595 g/mol. The van der Waals surface area contributed by atoms with Gasteiger partial charge in [0, 0.05) is 35.8 Å². The van der Waals surface area contributed by atoms with Crippen LogP contribution in [0.25, 0.3) is 28.0 Å². The lowest BCUT2D eigenvalue weighted by molar-refractivity contribution is 0.496. The molecule has 0 saturated carbocycles. The molecule has 0 aliphatic carbocycles. The van der Waals surface area contributed by atoms with Gasteiger partial charge in [-0.05, 0) is 93.6 Å². The van der Waals surface area contributed by atoms with Crippen molar-refractivity contribution in [3.8, 4) is 16.9 Å². The van der Waals surface area contributed by atoms with Crippen LogP contribution in [0.2, 0.25) is 5.02 Å². The maximum Gasteiger partial charge on any atom is 0.354 e. The highest BCUT2D eigenvalue weighted by Gasteiger charge is 2.16. The van der Waals surface area contributed by atoms with E-state index in [0.29, 0.717) is 41.1 Å². The molecule has 0 fully saturated rings. The Balaban J connectivity index is 1.55. The van der Waals surface area contributed by atoms with Crippen LogP contribution in [0.3, 0.4) is 0 Å². The molecule has 0 aliphatic rings. The molecule has 10 nitrogen and oxygen atoms in total. The highest BCUT2D eigenvalue weighted by atomic mass is 35.5. The molecule has 2 heterocycles. The summed E-state index contributed by atoms with van der Waals surface area (Å²) in [5, 5.41) is 14.2. The van der Waals surface area contributed by atoms with Crippen molar-refractivity contribution >= 4 is 28.6 Å². The van der Waals surface area contributed by atoms with E-state index in [2.05, 4.69) is 20.6 Å². The van der Waals surface area contributed by atoms with Gasteiger partial charge >= 0.3 is 5.69 Å². The van der Waals surface area contributed by atoms with E-state index < -0.39 is 11.5 Å². The Morgan fingerprint density at radius 3 is 2.62 bits per heavy atom. The Labute approximate surface area is 249 Å². The fourth-order valence-electron chi connectivity index (χ4n) is 4.95. The largest absolute Gasteiger partial charge is 0.370 e. The molecule has 4 aromatic rings. The van der Waals surface area contributed by atoms with Gasteiger partial charge in [0.1, 0.15) is 5.65 Å². The van der Waals surface area contributed by atoms with Gasteiger partial charge in [-0.25, -0.2) is 9.18 Å². The lowest BCUT2D eigenvalue weighted by atomic mass is 10.0. The lowest BCUT2D eigenvalue weighted by Crippen LogP contribution is -2.33. The van der Waals surface area contributed by atoms with Crippen LogP contribution in [-0.4, -0.2) is 46.2 Å². The Kier molecular flexibility index (Phi) is 10.7. The van der Waals surface area contributed by atoms with Crippen molar-refractivity contribution in [2.24, 2.45) is 17.2 Å². The summed E-state index contributed by atoms with van der Waals surface area (Å²) in [7, 11) is 0. The van der Waals surface area contributed by atoms with Gasteiger partial charge in [-0.15, -0.1) is 0 Å². The predicted octanol–water partition coefficient (Wildman–Crippen LogP) is 3.70. The van der Waals surface area contributed by atoms with E-state index in [0.717, 1.165) is 49.8 Å². The molecule has 224 valence electrons. The quantitative estimate of drug-likeness (QED) is 0.0660. The van der Waals surface area contributed by atoms with Crippen molar-refractivity contribution in [3.05, 3.63) is 81.1 Å². The number of nitrogens with two attached hydrogens (primary N) is 3. The fourth-order valence-corrected chi connectivity index (χ4v) is 5.19. The van der Waals surface area contributed by atoms with Gasteiger partial charge in [-0.2, -0.15) is 4.98 Å². The van der Waals surface area contributed by atoms with Gasteiger partial charge in [-0.1, -0.05) is 23.7 Å². The molecule has 4 rings (SSSR count). The minimum atomic E-state index is -0.527. The third kappa shape index (κ3) is 7.95. The van der Waals surface area contributed by atoms with Gasteiger partial charge in [0.2, 0.25) is 0 Å². The van der Waals surface area contributed by atoms with Gasteiger partial charge in [0.05, 0.1) is 16.4 Å². The number of nitrogens with zero attached hydrogens (tertiary/aromatic N) is 2. The number of nitrogens with one attached hydrogen (secondary N) is 4. The van der Waals surface area contributed by atoms with Crippen molar-refractivity contribution in [2.45, 2.75) is 51.1 Å². The molecule has 0 aliphatic heterocycles. The van der Waals surface area contributed by atoms with E-state index in [1.54, 1.807) is 24.4 Å². The third-order valence-electron chi connectivity index (χ3n) is 7.10. The average Bonchev–Trinajstić information content (AvgIpc) is 3.36. The maximum atomic E-state index is 15.1. The summed E-state index contributed by atoms with van der Waals surface area (Å²) in [6.07, 6.45) is 5.69. The number of H-pyrrole nitrogens is 1. The molecule has 0 radical (unpaired) electrons. The normalized spacial score (nSPS) is 12.9. The zero-order valence-electron chi connectivity index (χ0n) is 23.7. The molecule has 0 spiro atoms. The molecular weight excluding hydrogens is 557 g/mol. The number of fused-ring (bicyclic) bond motifs is 1. The van der Waals surface area contributed by atoms with Gasteiger partial charge in [0.15, 0.2) is 11.8 Å². The smallest absolute Gasteiger partial charge is 0.354 e. The van der Waals surface area contributed by atoms with Crippen LogP contribution in [0.1, 0.15) is 49.8 Å². The Bertz CT molecular complexity index is 1570. The zero-order valence-corrected chi connectivity index (χ0v) is 24.5. The second-order valence-electron chi connectivity index (χ2n) is 10.6. The molecule has 0 saturated heterocycles. The summed E-state index contributed by atoms with van der Waals surface area (Å²) in [4.78, 5) is 20.3. The first-order valence-corrected chi connectivity index (χ1v) is 14.5. The summed E-state index contributed by atoms with van der Waals surface area (Å²) < 4.78 is 16.6. The van der Waals surface area contributed by atoms with Crippen molar-refractivity contribution < 1.29 is 4.39 Å². The Morgan fingerprint density at radius 1 is 1.17 bits per heavy atom. The molecule has 10 N–H and O–H groups in total. The number of hydrogen-bond acceptors (Lipinski definition) is 6. The number of rotatable bonds is 14. The van der Waals surface area contributed by atoms with Gasteiger partial charge in [-0.3, -0.25) is 9.98 Å². The van der Waals surface area contributed by atoms with Crippen molar-refractivity contribution in [1.82, 2.24) is 25.2 Å². The number of hydrogen-bond donors (Lipinski definition) is 7. The van der Waals surface area contributed by atoms with E-state index >= 15 is 4.39 Å². The van der Waals surface area contributed by atoms with E-state index in [1.165, 1.54) is 4.57 Å². The summed E-state index contributed by atoms with van der Waals surface area (Å²) in [6, 6.07) is 13.0. The molecule has 0 amide bonds. The minimum absolute atomic E-state index is 0.0436. The predicted molar refractivity (Wildman–Crippen MR) is 168 cm³/mol. The van der Waals surface area contributed by atoms with E-state index in [9.17, 15) is 4.79 Å². The molecule has 12 heteroatoms. The van der Waals surface area contributed by atoms with E-state index in [1.807, 2.05) is 31.2 Å². The standard InChI is InChI=1S/C30H39ClFN9O/c1-18(34)4-2-5-19-14-23(27(32)24(31)15-19)26-16-21-17-41(30(42)40-28(21)39-26)22-8-6-20(7-9-22)25(10-11-33)37-12-3-13-38-29(35)36/h6-9,14-18,25,37H,2-5,10-13,33-34H2,1H3,(H4,35,36,38)(H,39,40,42)/t18-,25+/m0/s1. The van der Waals surface area contributed by atoms with Gasteiger partial charge < -0.3 is 32.8 Å². The average molecular weight is 596 g/mol. The van der Waals surface area contributed by atoms with Crippen LogP contribution < -0.4 is 33.5 Å². The number of aromatic amines is 1.